The third-order valence-electron chi connectivity index (χ3n) is 2.62. The number of carboxylic acids is 1. The van der Waals surface area contributed by atoms with Crippen molar-refractivity contribution in [2.45, 2.75) is 24.9 Å². The van der Waals surface area contributed by atoms with Crippen LogP contribution in [0.1, 0.15) is 12.8 Å². The summed E-state index contributed by atoms with van der Waals surface area (Å²) in [5.74, 6) is -1.72. The second kappa shape index (κ2) is 5.48. The minimum Gasteiger partial charge on any atom is -0.480 e. The average Bonchev–Trinajstić information content (AvgIpc) is 2.73. The molecule has 0 saturated carbocycles. The summed E-state index contributed by atoms with van der Waals surface area (Å²) in [4.78, 5) is 34.5. The van der Waals surface area contributed by atoms with Gasteiger partial charge in [-0.3, -0.25) is 4.79 Å². The topological polar surface area (TPSA) is 133 Å². The average molecular weight is 245 g/mol. The summed E-state index contributed by atoms with van der Waals surface area (Å²) in [5, 5.41) is 19.9. The van der Waals surface area contributed by atoms with Crippen molar-refractivity contribution in [1.29, 1.82) is 0 Å². The third-order valence-corrected chi connectivity index (χ3v) is 2.62. The lowest BCUT2D eigenvalue weighted by molar-refractivity contribution is -0.149. The molecule has 1 aliphatic heterocycles. The van der Waals surface area contributed by atoms with Crippen LogP contribution in [0.2, 0.25) is 0 Å². The van der Waals surface area contributed by atoms with Gasteiger partial charge >= 0.3 is 12.0 Å². The number of aliphatic hydroxyl groups is 1. The molecule has 0 aromatic rings. The van der Waals surface area contributed by atoms with Gasteiger partial charge in [-0.25, -0.2) is 9.59 Å². The first-order chi connectivity index (χ1) is 7.97. The maximum absolute atomic E-state index is 11.9. The molecule has 17 heavy (non-hydrogen) atoms. The monoisotopic (exact) mass is 245 g/mol. The molecule has 0 aliphatic carbocycles. The van der Waals surface area contributed by atoms with Crippen molar-refractivity contribution in [3.63, 3.8) is 0 Å². The van der Waals surface area contributed by atoms with Crippen LogP contribution in [0.15, 0.2) is 0 Å². The molecule has 0 aromatic carbocycles. The summed E-state index contributed by atoms with van der Waals surface area (Å²) in [6.45, 7) is -0.322. The highest BCUT2D eigenvalue weighted by Gasteiger charge is 2.37. The molecule has 0 aromatic heterocycles. The number of primary amides is 1. The maximum Gasteiger partial charge on any atom is 0.326 e. The zero-order valence-corrected chi connectivity index (χ0v) is 9.13. The van der Waals surface area contributed by atoms with Crippen LogP contribution in [0.25, 0.3) is 0 Å². The molecule has 8 heteroatoms. The van der Waals surface area contributed by atoms with Crippen molar-refractivity contribution in [3.8, 4) is 0 Å². The number of aliphatic hydroxyl groups excluding tert-OH is 1. The largest absolute Gasteiger partial charge is 0.480 e. The van der Waals surface area contributed by atoms with Crippen LogP contribution >= 0.6 is 0 Å². The van der Waals surface area contributed by atoms with Gasteiger partial charge in [0.2, 0.25) is 5.91 Å². The van der Waals surface area contributed by atoms with E-state index in [1.165, 1.54) is 0 Å². The number of nitrogens with two attached hydrogens (primary N) is 1. The Balaban J connectivity index is 2.73. The molecule has 2 atom stereocenters. The van der Waals surface area contributed by atoms with E-state index in [-0.39, 0.29) is 0 Å². The molecule has 8 nitrogen and oxygen atoms in total. The van der Waals surface area contributed by atoms with Crippen molar-refractivity contribution >= 4 is 17.9 Å². The molecule has 96 valence electrons. The first-order valence-electron chi connectivity index (χ1n) is 5.17. The number of carboxylic acid groups (broad SMARTS) is 1. The van der Waals surface area contributed by atoms with E-state index in [0.29, 0.717) is 19.4 Å². The second-order valence-corrected chi connectivity index (χ2v) is 3.77. The fraction of sp³-hybridized carbons (Fsp3) is 0.667. The number of rotatable bonds is 4. The van der Waals surface area contributed by atoms with Crippen LogP contribution < -0.4 is 11.1 Å². The van der Waals surface area contributed by atoms with Gasteiger partial charge < -0.3 is 26.2 Å². The van der Waals surface area contributed by atoms with Gasteiger partial charge in [0.15, 0.2) is 0 Å². The zero-order chi connectivity index (χ0) is 13.0. The van der Waals surface area contributed by atoms with Crippen LogP contribution in [0.3, 0.4) is 0 Å². The maximum atomic E-state index is 11.9. The minimum absolute atomic E-state index is 0.298. The van der Waals surface area contributed by atoms with Gasteiger partial charge in [0, 0.05) is 6.54 Å². The van der Waals surface area contributed by atoms with E-state index in [9.17, 15) is 14.4 Å². The Hall–Kier alpha value is -1.83. The number of nitrogens with one attached hydrogen (secondary N) is 1. The van der Waals surface area contributed by atoms with Crippen molar-refractivity contribution in [1.82, 2.24) is 10.2 Å². The summed E-state index contributed by atoms with van der Waals surface area (Å²) in [6, 6.07) is -3.03. The molecular weight excluding hydrogens is 230 g/mol. The van der Waals surface area contributed by atoms with E-state index in [1.54, 1.807) is 0 Å². The fourth-order valence-corrected chi connectivity index (χ4v) is 1.84. The number of carbonyl (C=O) groups is 3. The van der Waals surface area contributed by atoms with Crippen molar-refractivity contribution in [2.75, 3.05) is 13.2 Å². The Bertz CT molecular complexity index is 333. The van der Waals surface area contributed by atoms with E-state index in [1.807, 2.05) is 0 Å². The van der Waals surface area contributed by atoms with Gasteiger partial charge in [0.25, 0.3) is 0 Å². The molecule has 1 saturated heterocycles. The third kappa shape index (κ3) is 3.06. The van der Waals surface area contributed by atoms with E-state index >= 15 is 0 Å². The SMILES string of the molecule is NC(=O)NC(CO)C(=O)N1CCC[C@H]1C(=O)O. The summed E-state index contributed by atoms with van der Waals surface area (Å²) >= 11 is 0. The highest BCUT2D eigenvalue weighted by Crippen LogP contribution is 2.18. The lowest BCUT2D eigenvalue weighted by atomic mass is 10.2. The van der Waals surface area contributed by atoms with E-state index in [4.69, 9.17) is 15.9 Å². The number of likely N-dealkylation sites (tertiary alicyclic amines) is 1. The summed E-state index contributed by atoms with van der Waals surface area (Å²) in [5.41, 5.74) is 4.85. The Labute approximate surface area is 97.4 Å². The van der Waals surface area contributed by atoms with Crippen molar-refractivity contribution in [2.24, 2.45) is 5.73 Å². The van der Waals surface area contributed by atoms with Gasteiger partial charge in [-0.1, -0.05) is 0 Å². The first-order valence-corrected chi connectivity index (χ1v) is 5.17. The quantitative estimate of drug-likeness (QED) is 0.458. The minimum atomic E-state index is -1.19. The Kier molecular flexibility index (Phi) is 4.27. The molecule has 1 aliphatic rings. The lowest BCUT2D eigenvalue weighted by Gasteiger charge is -2.25. The van der Waals surface area contributed by atoms with E-state index < -0.39 is 36.6 Å². The zero-order valence-electron chi connectivity index (χ0n) is 9.13. The summed E-state index contributed by atoms with van der Waals surface area (Å²) in [7, 11) is 0. The summed E-state index contributed by atoms with van der Waals surface area (Å²) in [6.07, 6.45) is 0.952. The number of carbonyl (C=O) groups excluding carboxylic acids is 2. The molecule has 5 N–H and O–H groups in total. The molecule has 3 amide bonds. The van der Waals surface area contributed by atoms with Gasteiger partial charge in [-0.15, -0.1) is 0 Å². The first kappa shape index (κ1) is 13.2. The molecule has 0 radical (unpaired) electrons. The Morgan fingerprint density at radius 3 is 2.59 bits per heavy atom. The molecular formula is C9H15N3O5. The number of aliphatic carboxylic acids is 1. The van der Waals surface area contributed by atoms with Gasteiger partial charge in [-0.05, 0) is 12.8 Å². The van der Waals surface area contributed by atoms with Crippen molar-refractivity contribution < 1.29 is 24.6 Å². The highest BCUT2D eigenvalue weighted by atomic mass is 16.4. The van der Waals surface area contributed by atoms with Gasteiger partial charge in [-0.2, -0.15) is 0 Å². The molecule has 0 bridgehead atoms. The van der Waals surface area contributed by atoms with Crippen LogP contribution in [0, 0.1) is 0 Å². The van der Waals surface area contributed by atoms with E-state index in [0.717, 1.165) is 4.90 Å². The second-order valence-electron chi connectivity index (χ2n) is 3.77. The number of hydrogen-bond acceptors (Lipinski definition) is 4. The molecule has 1 rings (SSSR count). The van der Waals surface area contributed by atoms with Crippen LogP contribution in [0.4, 0.5) is 4.79 Å². The number of urea groups is 1. The predicted molar refractivity (Wildman–Crippen MR) is 56.0 cm³/mol. The number of nitrogens with zero attached hydrogens (tertiary/aromatic N) is 1. The molecule has 1 heterocycles. The number of hydrogen-bond donors (Lipinski definition) is 4. The van der Waals surface area contributed by atoms with Crippen LogP contribution in [0.5, 0.6) is 0 Å². The molecule has 1 fully saturated rings. The van der Waals surface area contributed by atoms with E-state index in [2.05, 4.69) is 5.32 Å². The molecule has 0 spiro atoms. The van der Waals surface area contributed by atoms with Crippen molar-refractivity contribution in [3.05, 3.63) is 0 Å². The molecule has 1 unspecified atom stereocenters. The highest BCUT2D eigenvalue weighted by molar-refractivity contribution is 5.90. The Morgan fingerprint density at radius 1 is 1.47 bits per heavy atom. The predicted octanol–water partition coefficient (Wildman–Crippen LogP) is -1.91. The smallest absolute Gasteiger partial charge is 0.326 e. The van der Waals surface area contributed by atoms with Gasteiger partial charge in [0.05, 0.1) is 6.61 Å². The lowest BCUT2D eigenvalue weighted by Crippen LogP contribution is -2.54. The summed E-state index contributed by atoms with van der Waals surface area (Å²) < 4.78 is 0. The fourth-order valence-electron chi connectivity index (χ4n) is 1.84. The van der Waals surface area contributed by atoms with Crippen LogP contribution in [-0.4, -0.2) is 58.3 Å². The normalized spacial score (nSPS) is 21.0. The number of amides is 3. The van der Waals surface area contributed by atoms with Gasteiger partial charge in [0.1, 0.15) is 12.1 Å². The Morgan fingerprint density at radius 2 is 2.12 bits per heavy atom. The van der Waals surface area contributed by atoms with Crippen LogP contribution in [-0.2, 0) is 9.59 Å². The standard InChI is InChI=1S/C9H15N3O5/c10-9(17)11-5(4-13)7(14)12-3-1-2-6(12)8(15)16/h5-6,13H,1-4H2,(H,15,16)(H3,10,11,17)/t5?,6-/m0/s1.